The summed E-state index contributed by atoms with van der Waals surface area (Å²) in [7, 11) is 0. The van der Waals surface area contributed by atoms with Gasteiger partial charge in [-0.05, 0) is 31.9 Å². The first kappa shape index (κ1) is 24.4. The molecule has 3 amide bonds. The number of para-hydroxylation sites is 1. The normalized spacial score (nSPS) is 17.6. The van der Waals surface area contributed by atoms with Crippen LogP contribution in [0.2, 0.25) is 0 Å². The molecule has 0 radical (unpaired) electrons. The number of nitrogens with zero attached hydrogens (tertiary/aromatic N) is 1. The van der Waals surface area contributed by atoms with Crippen LogP contribution < -0.4 is 20.7 Å². The number of ether oxygens (including phenoxy) is 2. The van der Waals surface area contributed by atoms with Gasteiger partial charge in [0.1, 0.15) is 23.9 Å². The third-order valence-electron chi connectivity index (χ3n) is 5.07. The largest absolute Gasteiger partial charge is 0.483 e. The summed E-state index contributed by atoms with van der Waals surface area (Å²) in [5, 5.41) is 10.4. The molecule has 1 aliphatic rings. The van der Waals surface area contributed by atoms with E-state index in [0.29, 0.717) is 17.8 Å². The molecule has 178 valence electrons. The first-order chi connectivity index (χ1) is 16.0. The van der Waals surface area contributed by atoms with Gasteiger partial charge in [-0.3, -0.25) is 9.59 Å². The Labute approximate surface area is 195 Å². The molecular weight excluding hydrogens is 451 g/mol. The Morgan fingerprint density at radius 3 is 2.61 bits per heavy atom. The van der Waals surface area contributed by atoms with Crippen LogP contribution in [0.4, 0.5) is 9.18 Å². The number of amides is 3. The zero-order valence-electron chi connectivity index (χ0n) is 18.3. The highest BCUT2D eigenvalue weighted by atomic mass is 32.1. The van der Waals surface area contributed by atoms with E-state index in [0.717, 1.165) is 12.8 Å². The first-order valence-electron chi connectivity index (χ1n) is 10.8. The number of esters is 1. The molecule has 0 bridgehead atoms. The minimum Gasteiger partial charge on any atom is -0.483 e. The summed E-state index contributed by atoms with van der Waals surface area (Å²) in [6.07, 6.45) is 3.26. The molecule has 0 saturated heterocycles. The van der Waals surface area contributed by atoms with E-state index in [9.17, 15) is 18.8 Å². The third kappa shape index (κ3) is 7.41. The summed E-state index contributed by atoms with van der Waals surface area (Å²) in [4.78, 5) is 40.5. The average molecular weight is 479 g/mol. The quantitative estimate of drug-likeness (QED) is 0.477. The molecule has 1 fully saturated rings. The zero-order chi connectivity index (χ0) is 23.6. The number of benzene rings is 1. The van der Waals surface area contributed by atoms with Gasteiger partial charge in [0.2, 0.25) is 0 Å². The van der Waals surface area contributed by atoms with Crippen molar-refractivity contribution in [1.82, 2.24) is 20.9 Å². The molecule has 1 aromatic carbocycles. The van der Waals surface area contributed by atoms with Crippen LogP contribution in [0.5, 0.6) is 5.75 Å². The predicted octanol–water partition coefficient (Wildman–Crippen LogP) is 2.76. The number of rotatable bonds is 9. The van der Waals surface area contributed by atoms with Crippen molar-refractivity contribution in [3.63, 3.8) is 0 Å². The van der Waals surface area contributed by atoms with E-state index in [-0.39, 0.29) is 49.2 Å². The Kier molecular flexibility index (Phi) is 8.99. The fourth-order valence-corrected chi connectivity index (χ4v) is 4.17. The second-order valence-corrected chi connectivity index (χ2v) is 8.39. The van der Waals surface area contributed by atoms with Gasteiger partial charge in [-0.1, -0.05) is 25.0 Å². The molecule has 0 aliphatic heterocycles. The summed E-state index contributed by atoms with van der Waals surface area (Å²) in [5.74, 6) is -1.21. The number of aromatic nitrogens is 1. The van der Waals surface area contributed by atoms with E-state index in [4.69, 9.17) is 9.47 Å². The number of carbonyl (C=O) groups is 3. The van der Waals surface area contributed by atoms with Crippen LogP contribution in [0.1, 0.15) is 48.1 Å². The molecule has 0 unspecified atom stereocenters. The van der Waals surface area contributed by atoms with Crippen LogP contribution >= 0.6 is 11.3 Å². The van der Waals surface area contributed by atoms with E-state index in [2.05, 4.69) is 20.9 Å². The van der Waals surface area contributed by atoms with E-state index in [1.165, 1.54) is 23.5 Å². The van der Waals surface area contributed by atoms with E-state index >= 15 is 0 Å². The molecule has 9 nitrogen and oxygen atoms in total. The fraction of sp³-hybridized carbons (Fsp3) is 0.455. The van der Waals surface area contributed by atoms with Crippen molar-refractivity contribution >= 4 is 29.2 Å². The highest BCUT2D eigenvalue weighted by molar-refractivity contribution is 7.09. The van der Waals surface area contributed by atoms with Crippen molar-refractivity contribution < 1.29 is 28.2 Å². The zero-order valence-corrected chi connectivity index (χ0v) is 19.1. The lowest BCUT2D eigenvalue weighted by Crippen LogP contribution is -2.55. The van der Waals surface area contributed by atoms with Crippen LogP contribution in [0, 0.1) is 5.82 Å². The van der Waals surface area contributed by atoms with Crippen LogP contribution in [-0.2, 0) is 16.1 Å². The number of urea groups is 1. The molecule has 11 heteroatoms. The Morgan fingerprint density at radius 1 is 1.15 bits per heavy atom. The van der Waals surface area contributed by atoms with Crippen molar-refractivity contribution in [2.75, 3.05) is 13.2 Å². The Bertz CT molecular complexity index is 970. The maximum absolute atomic E-state index is 13.7. The van der Waals surface area contributed by atoms with E-state index < -0.39 is 17.8 Å². The second kappa shape index (κ2) is 12.1. The summed E-state index contributed by atoms with van der Waals surface area (Å²) in [6.45, 7) is 1.76. The van der Waals surface area contributed by atoms with E-state index in [1.807, 2.05) is 0 Å². The Hall–Kier alpha value is -3.21. The third-order valence-corrected chi connectivity index (χ3v) is 5.89. The summed E-state index contributed by atoms with van der Waals surface area (Å²) < 4.78 is 23.9. The van der Waals surface area contributed by atoms with Crippen molar-refractivity contribution in [2.45, 2.75) is 51.3 Å². The molecular formula is C22H27FN4O5S. The first-order valence-corrected chi connectivity index (χ1v) is 11.7. The van der Waals surface area contributed by atoms with Crippen LogP contribution in [0.25, 0.3) is 0 Å². The predicted molar refractivity (Wildman–Crippen MR) is 120 cm³/mol. The summed E-state index contributed by atoms with van der Waals surface area (Å²) in [5.41, 5.74) is 0.239. The average Bonchev–Trinajstić information content (AvgIpc) is 3.28. The Morgan fingerprint density at radius 2 is 1.88 bits per heavy atom. The minimum atomic E-state index is -0.514. The molecule has 2 aromatic rings. The molecule has 0 spiro atoms. The van der Waals surface area contributed by atoms with Gasteiger partial charge in [0.05, 0.1) is 12.6 Å². The van der Waals surface area contributed by atoms with Crippen molar-refractivity contribution in [3.05, 3.63) is 46.2 Å². The summed E-state index contributed by atoms with van der Waals surface area (Å²) >= 11 is 1.25. The molecule has 2 atom stereocenters. The molecule has 3 N–H and O–H groups in total. The van der Waals surface area contributed by atoms with Gasteiger partial charge in [-0.2, -0.15) is 0 Å². The van der Waals surface area contributed by atoms with Gasteiger partial charge >= 0.3 is 12.0 Å². The molecule has 1 aliphatic carbocycles. The Balaban J connectivity index is 1.51. The lowest BCUT2D eigenvalue weighted by atomic mass is 9.90. The lowest BCUT2D eigenvalue weighted by Gasteiger charge is -2.32. The standard InChI is InChI=1S/C22H27FN4O5S/c1-2-31-20(28)11-24-22(30)27-16-9-5-4-8-15(16)26-21(29)17-13-33-19(25-17)12-32-18-10-6-3-7-14(18)23/h3,6-7,10,13,15-16H,2,4-5,8-9,11-12H2,1H3,(H,26,29)(H2,24,27,30)/t15-,16-/m0/s1. The highest BCUT2D eigenvalue weighted by Gasteiger charge is 2.29. The maximum atomic E-state index is 13.7. The SMILES string of the molecule is CCOC(=O)CNC(=O)N[C@H]1CCCC[C@@H]1NC(=O)c1csc(COc2ccccc2F)n1. The second-order valence-electron chi connectivity index (χ2n) is 7.45. The van der Waals surface area contributed by atoms with Crippen LogP contribution in [0.3, 0.4) is 0 Å². The smallest absolute Gasteiger partial charge is 0.325 e. The summed E-state index contributed by atoms with van der Waals surface area (Å²) in [6, 6.07) is 5.05. The van der Waals surface area contributed by atoms with Gasteiger partial charge in [0.15, 0.2) is 11.6 Å². The van der Waals surface area contributed by atoms with Crippen LogP contribution in [-0.4, -0.2) is 48.1 Å². The van der Waals surface area contributed by atoms with Gasteiger partial charge in [0, 0.05) is 11.4 Å². The van der Waals surface area contributed by atoms with Gasteiger partial charge < -0.3 is 25.4 Å². The number of carbonyl (C=O) groups excluding carboxylic acids is 3. The van der Waals surface area contributed by atoms with Gasteiger partial charge in [0.25, 0.3) is 5.91 Å². The van der Waals surface area contributed by atoms with Crippen molar-refractivity contribution in [3.8, 4) is 5.75 Å². The van der Waals surface area contributed by atoms with Crippen molar-refractivity contribution in [2.24, 2.45) is 0 Å². The maximum Gasteiger partial charge on any atom is 0.325 e. The van der Waals surface area contributed by atoms with Gasteiger partial charge in [-0.15, -0.1) is 11.3 Å². The molecule has 1 heterocycles. The van der Waals surface area contributed by atoms with Crippen molar-refractivity contribution in [1.29, 1.82) is 0 Å². The fourth-order valence-electron chi connectivity index (χ4n) is 3.49. The number of nitrogens with one attached hydrogen (secondary N) is 3. The number of halogens is 1. The van der Waals surface area contributed by atoms with E-state index in [1.54, 1.807) is 24.4 Å². The monoisotopic (exact) mass is 478 g/mol. The number of hydrogen-bond donors (Lipinski definition) is 3. The molecule has 3 rings (SSSR count). The molecule has 33 heavy (non-hydrogen) atoms. The highest BCUT2D eigenvalue weighted by Crippen LogP contribution is 2.21. The molecule has 1 aromatic heterocycles. The van der Waals surface area contributed by atoms with Crippen LogP contribution in [0.15, 0.2) is 29.6 Å². The lowest BCUT2D eigenvalue weighted by molar-refractivity contribution is -0.141. The topological polar surface area (TPSA) is 119 Å². The number of thiazole rings is 1. The molecule has 1 saturated carbocycles. The van der Waals surface area contributed by atoms with Gasteiger partial charge in [-0.25, -0.2) is 14.2 Å². The number of hydrogen-bond acceptors (Lipinski definition) is 7. The minimum absolute atomic E-state index is 0.0487.